The lowest BCUT2D eigenvalue weighted by Gasteiger charge is -2.69. The molecule has 208 valence electrons. The smallest absolute Gasteiger partial charge is 0.180 e. The fourth-order valence-corrected chi connectivity index (χ4v) is 12.6. The first kappa shape index (κ1) is 26.5. The number of aliphatic hydroxyl groups is 2. The molecule has 1 unspecified atom stereocenters. The molecule has 6 rings (SSSR count). The molecule has 4 aliphatic carbocycles. The third-order valence-corrected chi connectivity index (χ3v) is 14.2. The van der Waals surface area contributed by atoms with Crippen molar-refractivity contribution < 1.29 is 14.9 Å². The van der Waals surface area contributed by atoms with Crippen LogP contribution in [0.3, 0.4) is 0 Å². The SMILES string of the molecule is CC(C)(O)[C@H]1CC[C@@](C)(C2CC[C@]3(C)[C@@H]2[C@H](O)C[C@@H]2[C@@]4(C)Cc5sc(N)nc5C(C)(C)[C@@H]4CC[C@]23C)O1. The molecule has 0 amide bonds. The van der Waals surface area contributed by atoms with Crippen LogP contribution >= 0.6 is 11.3 Å². The molecule has 6 heteroatoms. The summed E-state index contributed by atoms with van der Waals surface area (Å²) in [5.74, 6) is 1.58. The average Bonchev–Trinajstić information content (AvgIpc) is 3.46. The molecule has 1 aromatic heterocycles. The summed E-state index contributed by atoms with van der Waals surface area (Å²) in [5.41, 5.74) is 6.73. The van der Waals surface area contributed by atoms with E-state index in [0.29, 0.717) is 22.9 Å². The second kappa shape index (κ2) is 7.73. The Kier molecular flexibility index (Phi) is 5.55. The number of aromatic nitrogens is 1. The zero-order chi connectivity index (χ0) is 27.0. The molecule has 5 nitrogen and oxygen atoms in total. The molecule has 0 spiro atoms. The number of nitrogens with zero attached hydrogens (tertiary/aromatic N) is 1. The Balaban J connectivity index is 1.37. The molecule has 0 aromatic carbocycles. The van der Waals surface area contributed by atoms with Gasteiger partial charge in [-0.15, -0.1) is 11.3 Å². The zero-order valence-electron chi connectivity index (χ0n) is 24.4. The van der Waals surface area contributed by atoms with Crippen LogP contribution in [0.25, 0.3) is 0 Å². The van der Waals surface area contributed by atoms with Crippen LogP contribution in [0.5, 0.6) is 0 Å². The standard InChI is InChI=1S/C31H50N2O3S/c1-26(2)20-10-13-29(6)21(28(20,5)16-19-24(26)33-25(32)37-19)15-18(34)23-17(9-12-30(23,29)7)31(8)14-11-22(36-31)27(3,4)35/h17-18,20-23,34-35H,9-16H2,1-8H3,(H2,32,33)/t17?,18-,20+,21-,22-,23+,28+,29-,30-,31+/m1/s1. The van der Waals surface area contributed by atoms with Crippen molar-refractivity contribution >= 4 is 16.5 Å². The van der Waals surface area contributed by atoms with Crippen LogP contribution in [0.4, 0.5) is 5.13 Å². The van der Waals surface area contributed by atoms with Gasteiger partial charge < -0.3 is 20.7 Å². The van der Waals surface area contributed by atoms with E-state index in [-0.39, 0.29) is 45.4 Å². The van der Waals surface area contributed by atoms with Crippen molar-refractivity contribution in [3.05, 3.63) is 10.6 Å². The Labute approximate surface area is 228 Å². The monoisotopic (exact) mass is 530 g/mol. The predicted molar refractivity (Wildman–Crippen MR) is 149 cm³/mol. The lowest BCUT2D eigenvalue weighted by atomic mass is 9.35. The van der Waals surface area contributed by atoms with E-state index >= 15 is 0 Å². The molecule has 4 N–H and O–H groups in total. The molecule has 3 saturated carbocycles. The summed E-state index contributed by atoms with van der Waals surface area (Å²) >= 11 is 1.69. The number of fused-ring (bicyclic) bond motifs is 6. The molecule has 5 aliphatic rings. The summed E-state index contributed by atoms with van der Waals surface area (Å²) in [6.07, 6.45) is 8.02. The largest absolute Gasteiger partial charge is 0.393 e. The van der Waals surface area contributed by atoms with Gasteiger partial charge in [0, 0.05) is 10.3 Å². The van der Waals surface area contributed by atoms with Gasteiger partial charge in [-0.25, -0.2) is 4.98 Å². The van der Waals surface area contributed by atoms with Gasteiger partial charge in [0.05, 0.1) is 29.1 Å². The normalized spacial score (nSPS) is 50.8. The van der Waals surface area contributed by atoms with Gasteiger partial charge in [-0.3, -0.25) is 0 Å². The van der Waals surface area contributed by atoms with E-state index in [1.165, 1.54) is 23.4 Å². The number of rotatable bonds is 2. The van der Waals surface area contributed by atoms with E-state index in [1.807, 2.05) is 13.8 Å². The number of ether oxygens (including phenoxy) is 1. The fraction of sp³-hybridized carbons (Fsp3) is 0.903. The first-order chi connectivity index (χ1) is 17.0. The minimum absolute atomic E-state index is 0.00399. The van der Waals surface area contributed by atoms with Crippen molar-refractivity contribution in [2.45, 2.75) is 136 Å². The average molecular weight is 531 g/mol. The van der Waals surface area contributed by atoms with E-state index in [0.717, 1.165) is 38.5 Å². The fourth-order valence-electron chi connectivity index (χ4n) is 11.4. The number of aliphatic hydroxyl groups excluding tert-OH is 1. The summed E-state index contributed by atoms with van der Waals surface area (Å²) in [6, 6.07) is 0. The highest BCUT2D eigenvalue weighted by Gasteiger charge is 2.72. The van der Waals surface area contributed by atoms with Crippen molar-refractivity contribution in [2.75, 3.05) is 5.73 Å². The van der Waals surface area contributed by atoms with Crippen LogP contribution in [-0.4, -0.2) is 38.6 Å². The molecule has 10 atom stereocenters. The first-order valence-corrected chi connectivity index (χ1v) is 15.6. The minimum atomic E-state index is -0.832. The van der Waals surface area contributed by atoms with E-state index in [4.69, 9.17) is 15.5 Å². The summed E-state index contributed by atoms with van der Waals surface area (Å²) in [4.78, 5) is 6.21. The van der Waals surface area contributed by atoms with Crippen LogP contribution < -0.4 is 5.73 Å². The predicted octanol–water partition coefficient (Wildman–Crippen LogP) is 6.10. The lowest BCUT2D eigenvalue weighted by Crippen LogP contribution is -2.66. The first-order valence-electron chi connectivity index (χ1n) is 14.8. The number of thiazole rings is 1. The molecular weight excluding hydrogens is 480 g/mol. The van der Waals surface area contributed by atoms with Gasteiger partial charge in [0.2, 0.25) is 0 Å². The van der Waals surface area contributed by atoms with Crippen LogP contribution in [0, 0.1) is 39.9 Å². The van der Waals surface area contributed by atoms with Gasteiger partial charge in [-0.2, -0.15) is 0 Å². The zero-order valence-corrected chi connectivity index (χ0v) is 25.2. The van der Waals surface area contributed by atoms with Crippen LogP contribution in [-0.2, 0) is 16.6 Å². The Morgan fingerprint density at radius 3 is 2.30 bits per heavy atom. The summed E-state index contributed by atoms with van der Waals surface area (Å²) in [5, 5.41) is 23.5. The number of anilines is 1. The van der Waals surface area contributed by atoms with Crippen molar-refractivity contribution in [3.63, 3.8) is 0 Å². The molecule has 1 aliphatic heterocycles. The Bertz CT molecular complexity index is 1090. The summed E-state index contributed by atoms with van der Waals surface area (Å²) in [6.45, 7) is 18.4. The number of nitrogens with two attached hydrogens (primary N) is 1. The second-order valence-corrected chi connectivity index (χ2v) is 16.9. The van der Waals surface area contributed by atoms with E-state index < -0.39 is 5.60 Å². The highest BCUT2D eigenvalue weighted by molar-refractivity contribution is 7.15. The van der Waals surface area contributed by atoms with Gasteiger partial charge in [-0.1, -0.05) is 34.6 Å². The van der Waals surface area contributed by atoms with Gasteiger partial charge in [0.1, 0.15) is 0 Å². The van der Waals surface area contributed by atoms with Gasteiger partial charge >= 0.3 is 0 Å². The van der Waals surface area contributed by atoms with Crippen molar-refractivity contribution in [2.24, 2.45) is 39.9 Å². The molecule has 1 aromatic rings. The quantitative estimate of drug-likeness (QED) is 0.430. The van der Waals surface area contributed by atoms with E-state index in [2.05, 4.69) is 41.5 Å². The van der Waals surface area contributed by atoms with E-state index in [1.54, 1.807) is 11.3 Å². The summed E-state index contributed by atoms with van der Waals surface area (Å²) < 4.78 is 6.70. The second-order valence-electron chi connectivity index (χ2n) is 15.8. The molecule has 4 fully saturated rings. The minimum Gasteiger partial charge on any atom is -0.393 e. The lowest BCUT2D eigenvalue weighted by molar-refractivity contribution is -0.227. The molecule has 37 heavy (non-hydrogen) atoms. The van der Waals surface area contributed by atoms with Gasteiger partial charge in [-0.05, 0) is 112 Å². The Morgan fingerprint density at radius 1 is 0.973 bits per heavy atom. The van der Waals surface area contributed by atoms with Crippen LogP contribution in [0.2, 0.25) is 0 Å². The van der Waals surface area contributed by atoms with Gasteiger partial charge in [0.25, 0.3) is 0 Å². The molecule has 0 radical (unpaired) electrons. The third kappa shape index (κ3) is 3.34. The summed E-state index contributed by atoms with van der Waals surface area (Å²) in [7, 11) is 0. The molecule has 0 bridgehead atoms. The van der Waals surface area contributed by atoms with E-state index in [9.17, 15) is 10.2 Å². The van der Waals surface area contributed by atoms with Crippen molar-refractivity contribution in [1.82, 2.24) is 4.98 Å². The number of hydrogen-bond acceptors (Lipinski definition) is 6. The maximum absolute atomic E-state index is 12.1. The molecular formula is C31H50N2O3S. The topological polar surface area (TPSA) is 88.6 Å². The highest BCUT2D eigenvalue weighted by atomic mass is 32.1. The maximum atomic E-state index is 12.1. The number of nitrogen functional groups attached to an aromatic ring is 1. The van der Waals surface area contributed by atoms with Crippen molar-refractivity contribution in [1.29, 1.82) is 0 Å². The van der Waals surface area contributed by atoms with Crippen molar-refractivity contribution in [3.8, 4) is 0 Å². The van der Waals surface area contributed by atoms with Crippen LogP contribution in [0.1, 0.15) is 111 Å². The molecule has 2 heterocycles. The third-order valence-electron chi connectivity index (χ3n) is 13.3. The highest BCUT2D eigenvalue weighted by Crippen LogP contribution is 2.75. The maximum Gasteiger partial charge on any atom is 0.180 e. The van der Waals surface area contributed by atoms with Crippen LogP contribution in [0.15, 0.2) is 0 Å². The number of hydrogen-bond donors (Lipinski definition) is 3. The Hall–Kier alpha value is -0.690. The molecule has 1 saturated heterocycles. The van der Waals surface area contributed by atoms with Gasteiger partial charge in [0.15, 0.2) is 5.13 Å². The Morgan fingerprint density at radius 2 is 1.65 bits per heavy atom.